The number of rotatable bonds is 6. The fourth-order valence-corrected chi connectivity index (χ4v) is 4.10. The summed E-state index contributed by atoms with van der Waals surface area (Å²) < 4.78 is 5.53. The van der Waals surface area contributed by atoms with Crippen LogP contribution in [0.5, 0.6) is 0 Å². The highest BCUT2D eigenvalue weighted by atomic mass is 16.5. The van der Waals surface area contributed by atoms with E-state index in [-0.39, 0.29) is 0 Å². The second kappa shape index (κ2) is 7.22. The van der Waals surface area contributed by atoms with Crippen molar-refractivity contribution in [2.45, 2.75) is 51.7 Å². The highest BCUT2D eigenvalue weighted by Crippen LogP contribution is 2.32. The minimum atomic E-state index is 0.293. The quantitative estimate of drug-likeness (QED) is 0.805. The fourth-order valence-electron chi connectivity index (χ4n) is 4.10. The highest BCUT2D eigenvalue weighted by molar-refractivity contribution is 5.09. The average molecular weight is 341 g/mol. The predicted octanol–water partition coefficient (Wildman–Crippen LogP) is 2.68. The third-order valence-corrected chi connectivity index (χ3v) is 5.54. The van der Waals surface area contributed by atoms with Crippen LogP contribution in [-0.4, -0.2) is 50.6 Å². The van der Waals surface area contributed by atoms with E-state index in [1.54, 1.807) is 0 Å². The molecular formula is C19H27N5O. The highest BCUT2D eigenvalue weighted by Gasteiger charge is 2.38. The van der Waals surface area contributed by atoms with E-state index in [0.29, 0.717) is 18.5 Å². The number of piperidine rings is 3. The number of hydrogen-bond acceptors (Lipinski definition) is 6. The molecule has 6 heteroatoms. The fraction of sp³-hybridized carbons (Fsp3) is 0.632. The van der Waals surface area contributed by atoms with Crippen LogP contribution in [0.25, 0.3) is 0 Å². The van der Waals surface area contributed by atoms with Gasteiger partial charge in [0.25, 0.3) is 0 Å². The third-order valence-electron chi connectivity index (χ3n) is 5.54. The molecule has 0 aromatic carbocycles. The maximum atomic E-state index is 5.53. The van der Waals surface area contributed by atoms with E-state index in [0.717, 1.165) is 30.7 Å². The largest absolute Gasteiger partial charge is 0.338 e. The van der Waals surface area contributed by atoms with Crippen molar-refractivity contribution in [3.63, 3.8) is 0 Å². The Morgan fingerprint density at radius 1 is 1.28 bits per heavy atom. The SMILES string of the molecule is CC(C)c1noc(CN(Cc2cccnc2)C2CN3CCC2CC3)n1. The maximum Gasteiger partial charge on any atom is 0.240 e. The first kappa shape index (κ1) is 16.7. The summed E-state index contributed by atoms with van der Waals surface area (Å²) in [6, 6.07) is 4.71. The van der Waals surface area contributed by atoms with Crippen LogP contribution in [0.15, 0.2) is 29.0 Å². The minimum absolute atomic E-state index is 0.293. The van der Waals surface area contributed by atoms with Crippen LogP contribution in [0.1, 0.15) is 49.9 Å². The number of pyridine rings is 1. The second-order valence-electron chi connectivity index (χ2n) is 7.67. The Balaban J connectivity index is 1.54. The Morgan fingerprint density at radius 3 is 2.72 bits per heavy atom. The van der Waals surface area contributed by atoms with Gasteiger partial charge >= 0.3 is 0 Å². The van der Waals surface area contributed by atoms with Crippen LogP contribution in [0.3, 0.4) is 0 Å². The molecule has 0 N–H and O–H groups in total. The predicted molar refractivity (Wildman–Crippen MR) is 94.8 cm³/mol. The van der Waals surface area contributed by atoms with E-state index in [4.69, 9.17) is 4.52 Å². The van der Waals surface area contributed by atoms with E-state index < -0.39 is 0 Å². The van der Waals surface area contributed by atoms with Gasteiger partial charge in [0.05, 0.1) is 6.54 Å². The molecule has 2 bridgehead atoms. The van der Waals surface area contributed by atoms with Gasteiger partial charge in [0, 0.05) is 37.4 Å². The van der Waals surface area contributed by atoms with E-state index in [9.17, 15) is 0 Å². The Bertz CT molecular complexity index is 678. The van der Waals surface area contributed by atoms with Crippen molar-refractivity contribution in [2.75, 3.05) is 19.6 Å². The Hall–Kier alpha value is -1.79. The lowest BCUT2D eigenvalue weighted by Gasteiger charge is -2.48. The molecule has 3 aliphatic rings. The number of aromatic nitrogens is 3. The van der Waals surface area contributed by atoms with Gasteiger partial charge in [-0.15, -0.1) is 0 Å². The van der Waals surface area contributed by atoms with Gasteiger partial charge in [-0.3, -0.25) is 9.88 Å². The summed E-state index contributed by atoms with van der Waals surface area (Å²) in [5, 5.41) is 4.13. The summed E-state index contributed by atoms with van der Waals surface area (Å²) in [5.74, 6) is 2.59. The molecule has 2 aromatic rings. The van der Waals surface area contributed by atoms with Crippen LogP contribution < -0.4 is 0 Å². The average Bonchev–Trinajstić information content (AvgIpc) is 3.12. The van der Waals surface area contributed by atoms with Gasteiger partial charge < -0.3 is 9.42 Å². The summed E-state index contributed by atoms with van der Waals surface area (Å²) in [7, 11) is 0. The maximum absolute atomic E-state index is 5.53. The molecule has 25 heavy (non-hydrogen) atoms. The van der Waals surface area contributed by atoms with Gasteiger partial charge in [-0.05, 0) is 43.5 Å². The van der Waals surface area contributed by atoms with Gasteiger partial charge in [0.2, 0.25) is 5.89 Å². The van der Waals surface area contributed by atoms with E-state index in [1.807, 2.05) is 18.5 Å². The Kier molecular flexibility index (Phi) is 4.81. The van der Waals surface area contributed by atoms with Crippen molar-refractivity contribution in [2.24, 2.45) is 5.92 Å². The molecule has 0 spiro atoms. The van der Waals surface area contributed by atoms with Crippen LogP contribution in [-0.2, 0) is 13.1 Å². The molecule has 3 fully saturated rings. The van der Waals surface area contributed by atoms with Gasteiger partial charge in [-0.1, -0.05) is 25.1 Å². The monoisotopic (exact) mass is 341 g/mol. The van der Waals surface area contributed by atoms with Crippen LogP contribution in [0, 0.1) is 5.92 Å². The number of nitrogens with zero attached hydrogens (tertiary/aromatic N) is 5. The zero-order chi connectivity index (χ0) is 17.2. The molecule has 1 unspecified atom stereocenters. The minimum Gasteiger partial charge on any atom is -0.338 e. The van der Waals surface area contributed by atoms with Crippen LogP contribution in [0.2, 0.25) is 0 Å². The zero-order valence-corrected chi connectivity index (χ0v) is 15.1. The first-order valence-electron chi connectivity index (χ1n) is 9.37. The molecule has 5 heterocycles. The van der Waals surface area contributed by atoms with Crippen molar-refractivity contribution in [1.29, 1.82) is 0 Å². The first-order chi connectivity index (χ1) is 12.2. The Labute approximate surface area is 149 Å². The summed E-state index contributed by atoms with van der Waals surface area (Å²) in [4.78, 5) is 14.0. The van der Waals surface area contributed by atoms with Crippen molar-refractivity contribution < 1.29 is 4.52 Å². The lowest BCUT2D eigenvalue weighted by molar-refractivity contribution is -0.00660. The summed E-state index contributed by atoms with van der Waals surface area (Å²) in [6.07, 6.45) is 6.39. The van der Waals surface area contributed by atoms with E-state index >= 15 is 0 Å². The van der Waals surface area contributed by atoms with Crippen molar-refractivity contribution in [1.82, 2.24) is 24.9 Å². The molecule has 0 aliphatic carbocycles. The van der Waals surface area contributed by atoms with Gasteiger partial charge in [0.15, 0.2) is 5.82 Å². The van der Waals surface area contributed by atoms with Crippen molar-refractivity contribution in [3.05, 3.63) is 41.8 Å². The van der Waals surface area contributed by atoms with Gasteiger partial charge in [-0.25, -0.2) is 0 Å². The Morgan fingerprint density at radius 2 is 2.12 bits per heavy atom. The summed E-state index contributed by atoms with van der Waals surface area (Å²) in [5.41, 5.74) is 1.24. The smallest absolute Gasteiger partial charge is 0.240 e. The molecular weight excluding hydrogens is 314 g/mol. The second-order valence-corrected chi connectivity index (χ2v) is 7.67. The normalized spacial score (nSPS) is 25.8. The molecule has 134 valence electrons. The standard InChI is InChI=1S/C19H27N5O/c1-14(2)19-21-18(25-22-19)13-24(11-15-4-3-7-20-10-15)17-12-23-8-5-16(17)6-9-23/h3-4,7,10,14,16-17H,5-6,8-9,11-13H2,1-2H3. The molecule has 6 nitrogen and oxygen atoms in total. The lowest BCUT2D eigenvalue weighted by atomic mass is 9.83. The molecule has 2 aromatic heterocycles. The number of hydrogen-bond donors (Lipinski definition) is 0. The van der Waals surface area contributed by atoms with Gasteiger partial charge in [0.1, 0.15) is 0 Å². The zero-order valence-electron chi connectivity index (χ0n) is 15.1. The lowest BCUT2D eigenvalue weighted by Crippen LogP contribution is -2.56. The van der Waals surface area contributed by atoms with E-state index in [1.165, 1.54) is 31.5 Å². The molecule has 0 amide bonds. The van der Waals surface area contributed by atoms with Crippen LogP contribution >= 0.6 is 0 Å². The number of fused-ring (bicyclic) bond motifs is 3. The van der Waals surface area contributed by atoms with Crippen molar-refractivity contribution in [3.8, 4) is 0 Å². The third kappa shape index (κ3) is 3.75. The first-order valence-corrected chi connectivity index (χ1v) is 9.37. The van der Waals surface area contributed by atoms with Gasteiger partial charge in [-0.2, -0.15) is 4.98 Å². The molecule has 0 radical (unpaired) electrons. The van der Waals surface area contributed by atoms with Crippen LogP contribution in [0.4, 0.5) is 0 Å². The molecule has 1 atom stereocenters. The topological polar surface area (TPSA) is 58.3 Å². The summed E-state index contributed by atoms with van der Waals surface area (Å²) >= 11 is 0. The molecule has 3 aliphatic heterocycles. The molecule has 5 rings (SSSR count). The van der Waals surface area contributed by atoms with E-state index in [2.05, 4.69) is 44.8 Å². The summed E-state index contributed by atoms with van der Waals surface area (Å²) in [6.45, 7) is 9.42. The van der Waals surface area contributed by atoms with Crippen molar-refractivity contribution >= 4 is 0 Å². The molecule has 3 saturated heterocycles. The molecule has 0 saturated carbocycles.